The van der Waals surface area contributed by atoms with E-state index in [1.807, 2.05) is 12.1 Å². The van der Waals surface area contributed by atoms with Gasteiger partial charge in [0.05, 0.1) is 6.10 Å². The van der Waals surface area contributed by atoms with E-state index in [9.17, 15) is 0 Å². The highest BCUT2D eigenvalue weighted by atomic mass is 16.5. The lowest BCUT2D eigenvalue weighted by Crippen LogP contribution is -2.12. The van der Waals surface area contributed by atoms with E-state index in [0.29, 0.717) is 11.8 Å². The maximum absolute atomic E-state index is 8.70. The second-order valence-electron chi connectivity index (χ2n) is 3.89. The van der Waals surface area contributed by atoms with Gasteiger partial charge in [0.1, 0.15) is 11.8 Å². The summed E-state index contributed by atoms with van der Waals surface area (Å²) >= 11 is 0. The first kappa shape index (κ1) is 10.9. The largest absolute Gasteiger partial charge is 0.385 e. The molecule has 16 heavy (non-hydrogen) atoms. The first-order valence-electron chi connectivity index (χ1n) is 5.60. The molecular weight excluding hydrogens is 202 g/mol. The Morgan fingerprint density at radius 2 is 2.56 bits per heavy atom. The predicted molar refractivity (Wildman–Crippen MR) is 61.0 cm³/mol. The molecule has 1 aromatic rings. The highest BCUT2D eigenvalue weighted by Crippen LogP contribution is 2.15. The molecule has 0 aliphatic carbocycles. The van der Waals surface area contributed by atoms with Gasteiger partial charge in [-0.1, -0.05) is 0 Å². The molecule has 2 rings (SSSR count). The Balaban J connectivity index is 1.78. The number of ether oxygens (including phenoxy) is 1. The van der Waals surface area contributed by atoms with Crippen LogP contribution >= 0.6 is 0 Å². The zero-order chi connectivity index (χ0) is 11.2. The third-order valence-electron chi connectivity index (χ3n) is 2.69. The molecule has 1 N–H and O–H groups in total. The van der Waals surface area contributed by atoms with Gasteiger partial charge in [0.15, 0.2) is 0 Å². The Labute approximate surface area is 95.3 Å². The van der Waals surface area contributed by atoms with Crippen LogP contribution in [0.2, 0.25) is 0 Å². The summed E-state index contributed by atoms with van der Waals surface area (Å²) in [5.74, 6) is 0. The number of nitriles is 1. The molecule has 2 heterocycles. The van der Waals surface area contributed by atoms with Crippen molar-refractivity contribution >= 4 is 5.69 Å². The molecule has 1 unspecified atom stereocenters. The minimum Gasteiger partial charge on any atom is -0.385 e. The van der Waals surface area contributed by atoms with Gasteiger partial charge < -0.3 is 10.1 Å². The summed E-state index contributed by atoms with van der Waals surface area (Å²) in [7, 11) is 0. The van der Waals surface area contributed by atoms with Gasteiger partial charge in [-0.2, -0.15) is 5.26 Å². The molecule has 4 heteroatoms. The minimum absolute atomic E-state index is 0.407. The molecule has 0 amide bonds. The molecule has 1 aliphatic heterocycles. The molecular formula is C12H15N3O. The van der Waals surface area contributed by atoms with Crippen LogP contribution in [-0.2, 0) is 4.74 Å². The average molecular weight is 217 g/mol. The van der Waals surface area contributed by atoms with Crippen molar-refractivity contribution in [1.29, 1.82) is 5.26 Å². The summed E-state index contributed by atoms with van der Waals surface area (Å²) < 4.78 is 5.53. The Hall–Kier alpha value is -1.60. The number of rotatable bonds is 4. The average Bonchev–Trinajstić information content (AvgIpc) is 2.82. The maximum atomic E-state index is 8.70. The fourth-order valence-corrected chi connectivity index (χ4v) is 1.85. The predicted octanol–water partition coefficient (Wildman–Crippen LogP) is 1.93. The van der Waals surface area contributed by atoms with Crippen molar-refractivity contribution < 1.29 is 4.74 Å². The molecule has 0 bridgehead atoms. The van der Waals surface area contributed by atoms with Crippen LogP contribution in [0.3, 0.4) is 0 Å². The van der Waals surface area contributed by atoms with Gasteiger partial charge in [0.25, 0.3) is 0 Å². The van der Waals surface area contributed by atoms with Crippen LogP contribution in [-0.4, -0.2) is 24.2 Å². The number of pyridine rings is 1. The summed E-state index contributed by atoms with van der Waals surface area (Å²) in [5, 5.41) is 12.0. The third-order valence-corrected chi connectivity index (χ3v) is 2.69. The van der Waals surface area contributed by atoms with Gasteiger partial charge in [0, 0.05) is 25.0 Å². The van der Waals surface area contributed by atoms with E-state index in [1.165, 1.54) is 12.8 Å². The van der Waals surface area contributed by atoms with E-state index in [2.05, 4.69) is 10.3 Å². The third kappa shape index (κ3) is 2.94. The second-order valence-corrected chi connectivity index (χ2v) is 3.89. The maximum Gasteiger partial charge on any atom is 0.142 e. The Bertz CT molecular complexity index is 380. The van der Waals surface area contributed by atoms with Gasteiger partial charge >= 0.3 is 0 Å². The monoisotopic (exact) mass is 217 g/mol. The first-order chi connectivity index (χ1) is 7.88. The Morgan fingerprint density at radius 1 is 1.62 bits per heavy atom. The zero-order valence-electron chi connectivity index (χ0n) is 9.15. The molecule has 0 saturated carbocycles. The highest BCUT2D eigenvalue weighted by Gasteiger charge is 2.14. The topological polar surface area (TPSA) is 57.9 Å². The van der Waals surface area contributed by atoms with Crippen molar-refractivity contribution in [3.8, 4) is 6.07 Å². The molecule has 84 valence electrons. The van der Waals surface area contributed by atoms with Gasteiger partial charge in [0.2, 0.25) is 0 Å². The summed E-state index contributed by atoms with van der Waals surface area (Å²) in [6, 6.07) is 5.65. The van der Waals surface area contributed by atoms with Crippen LogP contribution in [0, 0.1) is 11.3 Å². The number of anilines is 1. The second kappa shape index (κ2) is 5.47. The van der Waals surface area contributed by atoms with Crippen LogP contribution in [0.1, 0.15) is 25.0 Å². The van der Waals surface area contributed by atoms with Gasteiger partial charge in [-0.05, 0) is 31.4 Å². The quantitative estimate of drug-likeness (QED) is 0.837. The lowest BCUT2D eigenvalue weighted by atomic mass is 10.2. The zero-order valence-corrected chi connectivity index (χ0v) is 9.15. The van der Waals surface area contributed by atoms with Crippen LogP contribution in [0.5, 0.6) is 0 Å². The van der Waals surface area contributed by atoms with Gasteiger partial charge in [-0.15, -0.1) is 0 Å². The molecule has 0 spiro atoms. The van der Waals surface area contributed by atoms with Crippen molar-refractivity contribution in [2.24, 2.45) is 0 Å². The van der Waals surface area contributed by atoms with E-state index >= 15 is 0 Å². The van der Waals surface area contributed by atoms with Crippen molar-refractivity contribution in [1.82, 2.24) is 4.98 Å². The number of hydrogen-bond donors (Lipinski definition) is 1. The van der Waals surface area contributed by atoms with E-state index in [4.69, 9.17) is 10.00 Å². The summed E-state index contributed by atoms with van der Waals surface area (Å²) in [4.78, 5) is 3.92. The normalized spacial score (nSPS) is 19.3. The lowest BCUT2D eigenvalue weighted by molar-refractivity contribution is 0.107. The molecule has 1 aromatic heterocycles. The van der Waals surface area contributed by atoms with E-state index in [1.54, 1.807) is 12.3 Å². The summed E-state index contributed by atoms with van der Waals surface area (Å²) in [6.45, 7) is 1.78. The molecule has 1 aliphatic rings. The van der Waals surface area contributed by atoms with Crippen molar-refractivity contribution in [2.75, 3.05) is 18.5 Å². The molecule has 1 fully saturated rings. The van der Waals surface area contributed by atoms with E-state index in [0.717, 1.165) is 25.3 Å². The fourth-order valence-electron chi connectivity index (χ4n) is 1.85. The first-order valence-corrected chi connectivity index (χ1v) is 5.60. The Kier molecular flexibility index (Phi) is 3.73. The van der Waals surface area contributed by atoms with Gasteiger partial charge in [-0.25, -0.2) is 4.98 Å². The van der Waals surface area contributed by atoms with E-state index < -0.39 is 0 Å². The van der Waals surface area contributed by atoms with Crippen molar-refractivity contribution in [3.05, 3.63) is 24.0 Å². The van der Waals surface area contributed by atoms with Gasteiger partial charge in [-0.3, -0.25) is 0 Å². The van der Waals surface area contributed by atoms with Crippen LogP contribution in [0.4, 0.5) is 5.69 Å². The Morgan fingerprint density at radius 3 is 3.31 bits per heavy atom. The standard InChI is InChI=1S/C12H15N3O/c13-9-11-8-10(3-5-15-11)14-6-4-12-2-1-7-16-12/h3,5,8,12H,1-2,4,6-7H2,(H,14,15). The number of nitrogens with zero attached hydrogens (tertiary/aromatic N) is 2. The fraction of sp³-hybridized carbons (Fsp3) is 0.500. The number of aromatic nitrogens is 1. The SMILES string of the molecule is N#Cc1cc(NCCC2CCCO2)ccn1. The van der Waals surface area contributed by atoms with Crippen LogP contribution < -0.4 is 5.32 Å². The molecule has 1 saturated heterocycles. The van der Waals surface area contributed by atoms with Crippen LogP contribution in [0.15, 0.2) is 18.3 Å². The molecule has 4 nitrogen and oxygen atoms in total. The molecule has 0 radical (unpaired) electrons. The van der Waals surface area contributed by atoms with E-state index in [-0.39, 0.29) is 0 Å². The highest BCUT2D eigenvalue weighted by molar-refractivity contribution is 5.45. The minimum atomic E-state index is 0.407. The molecule has 0 aromatic carbocycles. The summed E-state index contributed by atoms with van der Waals surface area (Å²) in [5.41, 5.74) is 1.40. The van der Waals surface area contributed by atoms with Crippen LogP contribution in [0.25, 0.3) is 0 Å². The summed E-state index contributed by atoms with van der Waals surface area (Å²) in [6.07, 6.45) is 5.42. The van der Waals surface area contributed by atoms with Crippen molar-refractivity contribution in [2.45, 2.75) is 25.4 Å². The number of hydrogen-bond acceptors (Lipinski definition) is 4. The smallest absolute Gasteiger partial charge is 0.142 e. The lowest BCUT2D eigenvalue weighted by Gasteiger charge is -2.10. The molecule has 1 atom stereocenters. The van der Waals surface area contributed by atoms with Crippen molar-refractivity contribution in [3.63, 3.8) is 0 Å². The number of nitrogens with one attached hydrogen (secondary N) is 1.